The number of carbonyl (C=O) groups excluding carboxylic acids is 1. The molecular weight excluding hydrogens is 331 g/mol. The molecule has 4 nitrogen and oxygen atoms in total. The molecule has 0 aliphatic carbocycles. The third-order valence-corrected chi connectivity index (χ3v) is 5.13. The topological polar surface area (TPSA) is 45.5 Å². The predicted molar refractivity (Wildman–Crippen MR) is 100 cm³/mol. The predicted octanol–water partition coefficient (Wildman–Crippen LogP) is 4.67. The normalized spacial score (nSPS) is 18.0. The number of halogens is 1. The highest BCUT2D eigenvalue weighted by atomic mass is 19.1. The zero-order valence-corrected chi connectivity index (χ0v) is 15.6. The molecule has 1 N–H and O–H groups in total. The van der Waals surface area contributed by atoms with Crippen molar-refractivity contribution >= 4 is 11.6 Å². The van der Waals surface area contributed by atoms with E-state index in [1.54, 1.807) is 18.2 Å². The van der Waals surface area contributed by atoms with Crippen molar-refractivity contribution < 1.29 is 13.6 Å². The minimum absolute atomic E-state index is 0.121. The van der Waals surface area contributed by atoms with E-state index < -0.39 is 5.82 Å². The van der Waals surface area contributed by atoms with Crippen LogP contribution in [0.2, 0.25) is 0 Å². The second-order valence-corrected chi connectivity index (χ2v) is 7.26. The number of piperidine rings is 1. The molecule has 0 unspecified atom stereocenters. The van der Waals surface area contributed by atoms with Gasteiger partial charge in [-0.1, -0.05) is 12.1 Å². The summed E-state index contributed by atoms with van der Waals surface area (Å²) in [4.78, 5) is 14.5. The number of benzene rings is 1. The molecule has 140 valence electrons. The Balaban J connectivity index is 1.46. The molecule has 26 heavy (non-hydrogen) atoms. The minimum Gasteiger partial charge on any atom is -0.465 e. The molecule has 0 radical (unpaired) electrons. The summed E-state index contributed by atoms with van der Waals surface area (Å²) in [6.07, 6.45) is 3.52. The van der Waals surface area contributed by atoms with Gasteiger partial charge in [0.2, 0.25) is 5.91 Å². The van der Waals surface area contributed by atoms with E-state index in [2.05, 4.69) is 23.2 Å². The van der Waals surface area contributed by atoms with Crippen LogP contribution < -0.4 is 5.32 Å². The van der Waals surface area contributed by atoms with Crippen molar-refractivity contribution in [3.8, 4) is 0 Å². The molecule has 1 aliphatic rings. The maximum Gasteiger partial charge on any atom is 0.224 e. The van der Waals surface area contributed by atoms with Gasteiger partial charge in [-0.3, -0.25) is 9.69 Å². The molecular formula is C21H27FN2O2. The first-order chi connectivity index (χ1) is 12.5. The number of hydrogen-bond donors (Lipinski definition) is 1. The van der Waals surface area contributed by atoms with Gasteiger partial charge in [0, 0.05) is 13.0 Å². The molecule has 1 aliphatic heterocycles. The van der Waals surface area contributed by atoms with Gasteiger partial charge >= 0.3 is 0 Å². The van der Waals surface area contributed by atoms with E-state index in [-0.39, 0.29) is 11.6 Å². The lowest BCUT2D eigenvalue weighted by Gasteiger charge is -2.32. The van der Waals surface area contributed by atoms with Gasteiger partial charge in [-0.25, -0.2) is 4.39 Å². The van der Waals surface area contributed by atoms with Gasteiger partial charge < -0.3 is 9.73 Å². The molecule has 1 amide bonds. The number of amides is 1. The Labute approximate surface area is 154 Å². The SMILES string of the molecule is Cc1cc(CN2CCC[C@H](CCC(=O)Nc3ccccc3F)C2)oc1C. The summed E-state index contributed by atoms with van der Waals surface area (Å²) in [6, 6.07) is 8.38. The van der Waals surface area contributed by atoms with Crippen LogP contribution in [0.4, 0.5) is 10.1 Å². The Hall–Kier alpha value is -2.14. The van der Waals surface area contributed by atoms with Crippen molar-refractivity contribution in [2.24, 2.45) is 5.92 Å². The number of para-hydroxylation sites is 1. The average molecular weight is 358 g/mol. The van der Waals surface area contributed by atoms with E-state index in [4.69, 9.17) is 4.42 Å². The molecule has 3 rings (SSSR count). The van der Waals surface area contributed by atoms with Crippen molar-refractivity contribution in [3.05, 3.63) is 53.2 Å². The van der Waals surface area contributed by atoms with Gasteiger partial charge in [-0.15, -0.1) is 0 Å². The van der Waals surface area contributed by atoms with Crippen molar-refractivity contribution in [1.82, 2.24) is 4.90 Å². The first-order valence-electron chi connectivity index (χ1n) is 9.34. The van der Waals surface area contributed by atoms with E-state index in [1.807, 2.05) is 6.92 Å². The highest BCUT2D eigenvalue weighted by Gasteiger charge is 2.22. The molecule has 1 aromatic carbocycles. The van der Waals surface area contributed by atoms with Gasteiger partial charge in [0.15, 0.2) is 0 Å². The van der Waals surface area contributed by atoms with Gasteiger partial charge in [0.05, 0.1) is 12.2 Å². The lowest BCUT2D eigenvalue weighted by Crippen LogP contribution is -2.35. The van der Waals surface area contributed by atoms with E-state index >= 15 is 0 Å². The third kappa shape index (κ3) is 4.94. The summed E-state index contributed by atoms with van der Waals surface area (Å²) in [5.41, 5.74) is 1.45. The molecule has 1 aromatic heterocycles. The maximum absolute atomic E-state index is 13.6. The minimum atomic E-state index is -0.395. The summed E-state index contributed by atoms with van der Waals surface area (Å²) < 4.78 is 19.4. The summed E-state index contributed by atoms with van der Waals surface area (Å²) in [7, 11) is 0. The van der Waals surface area contributed by atoms with Crippen LogP contribution in [0.5, 0.6) is 0 Å². The average Bonchev–Trinajstić information content (AvgIpc) is 2.93. The number of anilines is 1. The molecule has 0 saturated carbocycles. The van der Waals surface area contributed by atoms with Crippen LogP contribution in [-0.2, 0) is 11.3 Å². The quantitative estimate of drug-likeness (QED) is 0.816. The molecule has 0 bridgehead atoms. The molecule has 1 fully saturated rings. The van der Waals surface area contributed by atoms with Crippen molar-refractivity contribution in [3.63, 3.8) is 0 Å². The Morgan fingerprint density at radius 3 is 2.88 bits per heavy atom. The lowest BCUT2D eigenvalue weighted by molar-refractivity contribution is -0.116. The number of aryl methyl sites for hydroxylation is 2. The zero-order valence-electron chi connectivity index (χ0n) is 15.6. The number of nitrogens with one attached hydrogen (secondary N) is 1. The Kier molecular flexibility index (Phi) is 6.09. The molecule has 0 spiro atoms. The Morgan fingerprint density at radius 1 is 1.35 bits per heavy atom. The van der Waals surface area contributed by atoms with Crippen LogP contribution >= 0.6 is 0 Å². The Bertz CT molecular complexity index is 737. The van der Waals surface area contributed by atoms with E-state index in [9.17, 15) is 9.18 Å². The fourth-order valence-corrected chi connectivity index (χ4v) is 3.59. The largest absolute Gasteiger partial charge is 0.465 e. The standard InChI is InChI=1S/C21H27FN2O2/c1-15-12-18(26-16(15)2)14-24-11-5-6-17(13-24)9-10-21(25)23-20-8-4-3-7-19(20)22/h3-4,7-8,12,17H,5-6,9-11,13-14H2,1-2H3,(H,23,25)/t17-/m1/s1. The molecule has 1 atom stereocenters. The lowest BCUT2D eigenvalue weighted by atomic mass is 9.93. The number of furan rings is 1. The number of likely N-dealkylation sites (tertiary alicyclic amines) is 1. The number of nitrogens with zero attached hydrogens (tertiary/aromatic N) is 1. The van der Waals surface area contributed by atoms with Crippen LogP contribution in [0.25, 0.3) is 0 Å². The van der Waals surface area contributed by atoms with E-state index in [1.165, 1.54) is 11.6 Å². The fraction of sp³-hybridized carbons (Fsp3) is 0.476. The summed E-state index contributed by atoms with van der Waals surface area (Å²) in [5, 5.41) is 2.67. The highest BCUT2D eigenvalue weighted by Crippen LogP contribution is 2.24. The first kappa shape index (κ1) is 18.6. The molecule has 2 aromatic rings. The molecule has 1 saturated heterocycles. The second-order valence-electron chi connectivity index (χ2n) is 7.26. The Morgan fingerprint density at radius 2 is 2.15 bits per heavy atom. The van der Waals surface area contributed by atoms with Crippen LogP contribution in [0.1, 0.15) is 42.8 Å². The third-order valence-electron chi connectivity index (χ3n) is 5.13. The smallest absolute Gasteiger partial charge is 0.224 e. The number of rotatable bonds is 6. The van der Waals surface area contributed by atoms with Crippen LogP contribution in [0.15, 0.2) is 34.7 Å². The van der Waals surface area contributed by atoms with E-state index in [0.29, 0.717) is 12.3 Å². The molecule has 5 heteroatoms. The number of carbonyl (C=O) groups is 1. The first-order valence-corrected chi connectivity index (χ1v) is 9.34. The zero-order chi connectivity index (χ0) is 18.5. The van der Waals surface area contributed by atoms with Gasteiger partial charge in [-0.2, -0.15) is 0 Å². The van der Waals surface area contributed by atoms with Crippen molar-refractivity contribution in [2.75, 3.05) is 18.4 Å². The van der Waals surface area contributed by atoms with Crippen LogP contribution in [-0.4, -0.2) is 23.9 Å². The van der Waals surface area contributed by atoms with Gasteiger partial charge in [0.1, 0.15) is 17.3 Å². The van der Waals surface area contributed by atoms with E-state index in [0.717, 1.165) is 50.4 Å². The number of hydrogen-bond acceptors (Lipinski definition) is 3. The van der Waals surface area contributed by atoms with Crippen molar-refractivity contribution in [2.45, 2.75) is 46.1 Å². The summed E-state index contributed by atoms with van der Waals surface area (Å²) in [5.74, 6) is 1.97. The second kappa shape index (κ2) is 8.49. The summed E-state index contributed by atoms with van der Waals surface area (Å²) in [6.45, 7) is 6.93. The monoisotopic (exact) mass is 358 g/mol. The van der Waals surface area contributed by atoms with Crippen molar-refractivity contribution in [1.29, 1.82) is 0 Å². The van der Waals surface area contributed by atoms with Crippen LogP contribution in [0, 0.1) is 25.6 Å². The highest BCUT2D eigenvalue weighted by molar-refractivity contribution is 5.90. The fourth-order valence-electron chi connectivity index (χ4n) is 3.59. The van der Waals surface area contributed by atoms with Gasteiger partial charge in [0.25, 0.3) is 0 Å². The summed E-state index contributed by atoms with van der Waals surface area (Å²) >= 11 is 0. The van der Waals surface area contributed by atoms with Gasteiger partial charge in [-0.05, 0) is 69.3 Å². The molecule has 2 heterocycles. The maximum atomic E-state index is 13.6. The van der Waals surface area contributed by atoms with Crippen LogP contribution in [0.3, 0.4) is 0 Å².